The van der Waals surface area contributed by atoms with E-state index in [0.717, 1.165) is 24.4 Å². The molecule has 20 heavy (non-hydrogen) atoms. The highest BCUT2D eigenvalue weighted by Gasteiger charge is 2.31. The molecule has 0 atom stereocenters. The van der Waals surface area contributed by atoms with Gasteiger partial charge in [-0.2, -0.15) is 0 Å². The molecule has 0 spiro atoms. The van der Waals surface area contributed by atoms with E-state index in [0.29, 0.717) is 18.4 Å². The molecule has 1 aromatic carbocycles. The highest BCUT2D eigenvalue weighted by atomic mass is 35.5. The zero-order valence-electron chi connectivity index (χ0n) is 12.0. The third kappa shape index (κ3) is 3.74. The summed E-state index contributed by atoms with van der Waals surface area (Å²) in [6.07, 6.45) is 2.90. The number of nitrogens with one attached hydrogen (secondary N) is 1. The molecule has 1 fully saturated rings. The Morgan fingerprint density at radius 1 is 1.35 bits per heavy atom. The summed E-state index contributed by atoms with van der Waals surface area (Å²) in [4.78, 5) is 11.0. The van der Waals surface area contributed by atoms with E-state index in [1.165, 1.54) is 5.56 Å². The van der Waals surface area contributed by atoms with Crippen LogP contribution in [0, 0.1) is 5.41 Å². The van der Waals surface area contributed by atoms with Gasteiger partial charge in [-0.1, -0.05) is 23.7 Å². The minimum atomic E-state index is -0.730. The van der Waals surface area contributed by atoms with Crippen LogP contribution in [0.3, 0.4) is 0 Å². The number of halogens is 1. The largest absolute Gasteiger partial charge is 0.481 e. The fourth-order valence-electron chi connectivity index (χ4n) is 2.49. The Morgan fingerprint density at radius 3 is 2.50 bits per heavy atom. The number of carboxylic acids is 1. The number of rotatable bonds is 6. The molecule has 0 aliphatic heterocycles. The predicted octanol–water partition coefficient (Wildman–Crippen LogP) is 3.68. The Kier molecular flexibility index (Phi) is 4.71. The van der Waals surface area contributed by atoms with Crippen molar-refractivity contribution >= 4 is 17.6 Å². The van der Waals surface area contributed by atoms with Crippen LogP contribution in [0.15, 0.2) is 24.3 Å². The summed E-state index contributed by atoms with van der Waals surface area (Å²) in [5, 5.41) is 13.3. The van der Waals surface area contributed by atoms with Crippen molar-refractivity contribution in [3.05, 3.63) is 34.9 Å². The molecule has 2 N–H and O–H groups in total. The molecule has 0 heterocycles. The van der Waals surface area contributed by atoms with Gasteiger partial charge in [0.2, 0.25) is 0 Å². The van der Waals surface area contributed by atoms with E-state index in [9.17, 15) is 4.79 Å². The third-order valence-corrected chi connectivity index (χ3v) is 4.49. The molecule has 3 nitrogen and oxygen atoms in total. The van der Waals surface area contributed by atoms with Crippen LogP contribution in [0.25, 0.3) is 0 Å². The lowest BCUT2D eigenvalue weighted by atomic mass is 9.75. The predicted molar refractivity (Wildman–Crippen MR) is 81.3 cm³/mol. The first-order chi connectivity index (χ1) is 9.38. The maximum absolute atomic E-state index is 11.0. The van der Waals surface area contributed by atoms with Gasteiger partial charge in [0.25, 0.3) is 0 Å². The van der Waals surface area contributed by atoms with Crippen molar-refractivity contribution in [3.8, 4) is 0 Å². The second-order valence-corrected chi connectivity index (χ2v) is 6.75. The maximum Gasteiger partial charge on any atom is 0.309 e. The second-order valence-electron chi connectivity index (χ2n) is 6.31. The second kappa shape index (κ2) is 6.15. The van der Waals surface area contributed by atoms with Gasteiger partial charge in [-0.3, -0.25) is 4.79 Å². The van der Waals surface area contributed by atoms with E-state index < -0.39 is 11.4 Å². The molecule has 1 saturated carbocycles. The van der Waals surface area contributed by atoms with Crippen LogP contribution >= 0.6 is 11.6 Å². The fourth-order valence-corrected chi connectivity index (χ4v) is 2.61. The van der Waals surface area contributed by atoms with Gasteiger partial charge in [0.05, 0.1) is 5.41 Å². The summed E-state index contributed by atoms with van der Waals surface area (Å²) in [5.41, 5.74) is 0.699. The first-order valence-electron chi connectivity index (χ1n) is 7.11. The summed E-state index contributed by atoms with van der Waals surface area (Å²) < 4.78 is 0. The number of benzene rings is 1. The first kappa shape index (κ1) is 15.3. The SMILES string of the molecule is CC(C)(CCNC1CC(c2ccc(Cl)cc2)C1)C(=O)O. The lowest BCUT2D eigenvalue weighted by Gasteiger charge is -2.37. The Morgan fingerprint density at radius 2 is 1.95 bits per heavy atom. The quantitative estimate of drug-likeness (QED) is 0.842. The molecule has 2 rings (SSSR count). The standard InChI is InChI=1S/C16H22ClNO2/c1-16(2,15(19)20)7-8-18-14-9-12(10-14)11-3-5-13(17)6-4-11/h3-6,12,14,18H,7-10H2,1-2H3,(H,19,20). The number of carbonyl (C=O) groups is 1. The molecule has 0 bridgehead atoms. The number of carboxylic acid groups (broad SMARTS) is 1. The average molecular weight is 296 g/mol. The molecular weight excluding hydrogens is 274 g/mol. The summed E-state index contributed by atoms with van der Waals surface area (Å²) >= 11 is 5.88. The highest BCUT2D eigenvalue weighted by molar-refractivity contribution is 6.30. The van der Waals surface area contributed by atoms with Crippen LogP contribution in [-0.2, 0) is 4.79 Å². The van der Waals surface area contributed by atoms with E-state index in [4.69, 9.17) is 16.7 Å². The minimum Gasteiger partial charge on any atom is -0.481 e. The van der Waals surface area contributed by atoms with Crippen molar-refractivity contribution < 1.29 is 9.90 Å². The number of hydrogen-bond acceptors (Lipinski definition) is 2. The van der Waals surface area contributed by atoms with Gasteiger partial charge in [-0.05, 0) is 63.3 Å². The smallest absolute Gasteiger partial charge is 0.309 e. The van der Waals surface area contributed by atoms with Gasteiger partial charge in [0.1, 0.15) is 0 Å². The zero-order valence-corrected chi connectivity index (χ0v) is 12.8. The van der Waals surface area contributed by atoms with Crippen LogP contribution in [0.5, 0.6) is 0 Å². The van der Waals surface area contributed by atoms with Crippen LogP contribution in [-0.4, -0.2) is 23.7 Å². The molecule has 110 valence electrons. The molecule has 0 aromatic heterocycles. The Balaban J connectivity index is 1.70. The lowest BCUT2D eigenvalue weighted by Crippen LogP contribution is -2.42. The summed E-state index contributed by atoms with van der Waals surface area (Å²) in [6, 6.07) is 8.58. The van der Waals surface area contributed by atoms with Crippen molar-refractivity contribution in [2.24, 2.45) is 5.41 Å². The zero-order chi connectivity index (χ0) is 14.8. The lowest BCUT2D eigenvalue weighted by molar-refractivity contribution is -0.147. The van der Waals surface area contributed by atoms with E-state index in [2.05, 4.69) is 17.4 Å². The molecule has 1 aliphatic rings. The van der Waals surface area contributed by atoms with Gasteiger partial charge in [-0.25, -0.2) is 0 Å². The molecule has 1 aromatic rings. The van der Waals surface area contributed by atoms with Crippen molar-refractivity contribution in [2.45, 2.75) is 45.1 Å². The number of hydrogen-bond donors (Lipinski definition) is 2. The van der Waals surface area contributed by atoms with Gasteiger partial charge in [0.15, 0.2) is 0 Å². The molecule has 0 radical (unpaired) electrons. The van der Waals surface area contributed by atoms with Crippen molar-refractivity contribution in [2.75, 3.05) is 6.54 Å². The van der Waals surface area contributed by atoms with Crippen LogP contribution in [0.2, 0.25) is 5.02 Å². The fraction of sp³-hybridized carbons (Fsp3) is 0.562. The van der Waals surface area contributed by atoms with Crippen LogP contribution in [0.1, 0.15) is 44.6 Å². The average Bonchev–Trinajstić information content (AvgIpc) is 2.33. The normalized spacial score (nSPS) is 22.4. The molecule has 0 amide bonds. The van der Waals surface area contributed by atoms with E-state index in [-0.39, 0.29) is 0 Å². The monoisotopic (exact) mass is 295 g/mol. The van der Waals surface area contributed by atoms with E-state index >= 15 is 0 Å². The topological polar surface area (TPSA) is 49.3 Å². The maximum atomic E-state index is 11.0. The summed E-state index contributed by atoms with van der Waals surface area (Å²) in [5.74, 6) is -0.121. The third-order valence-electron chi connectivity index (χ3n) is 4.24. The first-order valence-corrected chi connectivity index (χ1v) is 7.48. The minimum absolute atomic E-state index is 0.514. The van der Waals surface area contributed by atoms with Gasteiger partial charge < -0.3 is 10.4 Å². The molecule has 1 aliphatic carbocycles. The Hall–Kier alpha value is -1.06. The van der Waals surface area contributed by atoms with Crippen LogP contribution < -0.4 is 5.32 Å². The van der Waals surface area contributed by atoms with Crippen molar-refractivity contribution in [3.63, 3.8) is 0 Å². The van der Waals surface area contributed by atoms with Gasteiger partial charge >= 0.3 is 5.97 Å². The summed E-state index contributed by atoms with van der Waals surface area (Å²) in [6.45, 7) is 4.31. The van der Waals surface area contributed by atoms with Crippen molar-refractivity contribution in [1.29, 1.82) is 0 Å². The summed E-state index contributed by atoms with van der Waals surface area (Å²) in [7, 11) is 0. The van der Waals surface area contributed by atoms with Crippen LogP contribution in [0.4, 0.5) is 0 Å². The molecular formula is C16H22ClNO2. The Bertz CT molecular complexity index is 464. The van der Waals surface area contributed by atoms with E-state index in [1.54, 1.807) is 13.8 Å². The number of aliphatic carboxylic acids is 1. The van der Waals surface area contributed by atoms with E-state index in [1.807, 2.05) is 12.1 Å². The molecule has 0 unspecified atom stereocenters. The van der Waals surface area contributed by atoms with Crippen molar-refractivity contribution in [1.82, 2.24) is 5.32 Å². The highest BCUT2D eigenvalue weighted by Crippen LogP contribution is 2.37. The van der Waals surface area contributed by atoms with Gasteiger partial charge in [0, 0.05) is 11.1 Å². The van der Waals surface area contributed by atoms with Gasteiger partial charge in [-0.15, -0.1) is 0 Å². The Labute approximate surface area is 125 Å². The molecule has 0 saturated heterocycles. The molecule has 4 heteroatoms.